The van der Waals surface area contributed by atoms with Crippen molar-refractivity contribution in [2.45, 2.75) is 151 Å². The van der Waals surface area contributed by atoms with Crippen LogP contribution < -0.4 is 15.4 Å². The summed E-state index contributed by atoms with van der Waals surface area (Å²) in [5, 5.41) is 72.6. The minimum Gasteiger partial charge on any atom is -0.507 e. The molecule has 3 aliphatic heterocycles. The Hall–Kier alpha value is -4.58. The Morgan fingerprint density at radius 1 is 0.808 bits per heavy atom. The van der Waals surface area contributed by atoms with E-state index in [2.05, 4.69) is 20.8 Å². The number of aliphatic hydroxyl groups is 2. The molecule has 21 heteroatoms. The van der Waals surface area contributed by atoms with E-state index < -0.39 is 88.8 Å². The molecule has 4 heterocycles. The number of methoxy groups -OCH3 is 1. The SMILES string of the molecule is C.C.C.C.C.C.C.CO[C@H]1/C=C/O[C@@]2(C)Oc3c(C)c(O)c4c(O)c(c(CCNCc5ccc(-c6cccnn6)cc5)c(O)c4c3C2=O)NC(=O)/C(C)=C\C=C\[C@H](C)[C@H](O)[C@@H](C)[C@@H](O)[C@@H](C)[C@H](OC(C)=O)[C@@H]1C.S.S.S.S.S. The van der Waals surface area contributed by atoms with Crippen molar-refractivity contribution in [3.8, 4) is 34.3 Å². The first kappa shape index (κ1) is 87.3. The molecule has 0 radical (unpaired) electrons. The van der Waals surface area contributed by atoms with Crippen molar-refractivity contribution in [1.82, 2.24) is 15.5 Å². The van der Waals surface area contributed by atoms with E-state index >= 15 is 0 Å². The number of hydrogen-bond acceptors (Lipinski definition) is 15. The van der Waals surface area contributed by atoms with Crippen LogP contribution in [0.25, 0.3) is 22.0 Å². The highest BCUT2D eigenvalue weighted by Crippen LogP contribution is 2.55. The van der Waals surface area contributed by atoms with Gasteiger partial charge in [-0.05, 0) is 50.6 Å². The van der Waals surface area contributed by atoms with Crippen LogP contribution in [0.1, 0.15) is 128 Å². The maximum Gasteiger partial charge on any atom is 0.312 e. The molecule has 7 N–H and O–H groups in total. The van der Waals surface area contributed by atoms with Crippen molar-refractivity contribution in [2.24, 2.45) is 23.7 Å². The van der Waals surface area contributed by atoms with E-state index in [1.54, 1.807) is 46.0 Å². The lowest BCUT2D eigenvalue weighted by atomic mass is 9.78. The summed E-state index contributed by atoms with van der Waals surface area (Å²) in [5.41, 5.74) is 2.55. The molecule has 78 heavy (non-hydrogen) atoms. The Morgan fingerprint density at radius 3 is 1.96 bits per heavy atom. The molecule has 9 atom stereocenters. The number of ketones is 1. The zero-order valence-corrected chi connectivity index (χ0v) is 46.2. The van der Waals surface area contributed by atoms with Crippen LogP contribution in [0.15, 0.2) is 78.7 Å². The van der Waals surface area contributed by atoms with Gasteiger partial charge in [0.05, 0.1) is 46.9 Å². The summed E-state index contributed by atoms with van der Waals surface area (Å²) >= 11 is 0. The number of rotatable bonds is 8. The lowest BCUT2D eigenvalue weighted by molar-refractivity contribution is -0.160. The number of phenols is 3. The molecular formula is C57H98N4O12S5. The van der Waals surface area contributed by atoms with Gasteiger partial charge in [0, 0.05) is 85.0 Å². The minimum absolute atomic E-state index is 0. The standard InChI is InChI=1S/C50H60N4O12.7CH4.5H2S/c1-25-12-10-13-26(2)49(62)53-40-34(19-22-51-24-32-15-17-33(18-16-32)35-14-11-21-52-54-35)44(59)37-38(45(40)60)43(58)30(6)47-39(37)48(61)50(8,66-47)64-23-20-36(63-9)27(3)46(65-31(7)55)29(5)42(57)28(4)41(25)56;;;;;;;;;;;;/h10-18,20-21,23,25,27-29,36,41-42,46,51,56-60H,19,22,24H2,1-9H3,(H,53,62);7*1H4;5*1H2/b12-10+,23-20+,26-13-;;;;;;;;;;;;/t25-,27+,28+,29+,36-,41-,42+,46+,50-;;;;;;;;;;;;/m0............/s1. The van der Waals surface area contributed by atoms with Crippen LogP contribution in [0, 0.1) is 30.6 Å². The number of phenolic OH excluding ortho intramolecular Hbond substituents is 3. The Morgan fingerprint density at radius 2 is 1.41 bits per heavy atom. The largest absolute Gasteiger partial charge is 0.507 e. The average Bonchev–Trinajstić information content (AvgIpc) is 3.57. The molecule has 0 saturated carbocycles. The van der Waals surface area contributed by atoms with E-state index in [0.29, 0.717) is 6.54 Å². The number of anilines is 1. The number of esters is 1. The molecule has 0 spiro atoms. The van der Waals surface area contributed by atoms with Gasteiger partial charge in [-0.1, -0.05) is 122 Å². The second-order valence-corrected chi connectivity index (χ2v) is 17.4. The van der Waals surface area contributed by atoms with Gasteiger partial charge in [0.15, 0.2) is 5.75 Å². The predicted molar refractivity (Wildman–Crippen MR) is 346 cm³/mol. The monoisotopic (exact) mass is 1190 g/mol. The van der Waals surface area contributed by atoms with Crippen LogP contribution in [0.3, 0.4) is 0 Å². The van der Waals surface area contributed by atoms with E-state index in [4.69, 9.17) is 18.9 Å². The summed E-state index contributed by atoms with van der Waals surface area (Å²) < 4.78 is 23.7. The topological polar surface area (TPSA) is 239 Å². The zero-order valence-electron chi connectivity index (χ0n) is 41.2. The minimum atomic E-state index is -2.05. The van der Waals surface area contributed by atoms with Gasteiger partial charge >= 0.3 is 11.8 Å². The third kappa shape index (κ3) is 18.5. The highest BCUT2D eigenvalue weighted by molar-refractivity contribution is 7.60. The number of amides is 1. The number of benzene rings is 3. The molecule has 0 aliphatic carbocycles. The molecular weight excluding hydrogens is 1090 g/mol. The van der Waals surface area contributed by atoms with Crippen LogP contribution in [0.2, 0.25) is 0 Å². The maximum atomic E-state index is 14.5. The molecule has 0 unspecified atom stereocenters. The van der Waals surface area contributed by atoms with Gasteiger partial charge in [-0.3, -0.25) is 14.4 Å². The molecule has 4 aromatic rings. The van der Waals surface area contributed by atoms with Gasteiger partial charge in [0.2, 0.25) is 0 Å². The van der Waals surface area contributed by atoms with Crippen LogP contribution in [0.5, 0.6) is 23.0 Å². The molecule has 0 fully saturated rings. The molecule has 7 rings (SSSR count). The van der Waals surface area contributed by atoms with Crippen LogP contribution >= 0.6 is 67.5 Å². The number of aliphatic hydroxyl groups excluding tert-OH is 2. The number of nitrogens with one attached hydrogen (secondary N) is 2. The number of fused-ring (bicyclic) bond motifs is 14. The van der Waals surface area contributed by atoms with Crippen LogP contribution in [0.4, 0.5) is 5.69 Å². The van der Waals surface area contributed by atoms with Crippen molar-refractivity contribution in [2.75, 3.05) is 19.0 Å². The maximum absolute atomic E-state index is 14.5. The van der Waals surface area contributed by atoms with Crippen molar-refractivity contribution in [3.05, 3.63) is 101 Å². The number of Topliss-reactive ketones (excluding diaryl/α,β-unsaturated/α-hetero) is 1. The van der Waals surface area contributed by atoms with Crippen molar-refractivity contribution >= 4 is 102 Å². The molecule has 16 nitrogen and oxygen atoms in total. The van der Waals surface area contributed by atoms with Gasteiger partial charge in [-0.2, -0.15) is 77.7 Å². The third-order valence-electron chi connectivity index (χ3n) is 12.8. The Bertz CT molecular complexity index is 2570. The van der Waals surface area contributed by atoms with Crippen LogP contribution in [-0.4, -0.2) is 97.2 Å². The first-order valence-corrected chi connectivity index (χ1v) is 22.0. The van der Waals surface area contributed by atoms with Gasteiger partial charge < -0.3 is 55.1 Å². The van der Waals surface area contributed by atoms with E-state index in [1.807, 2.05) is 36.4 Å². The average molecular weight is 1190 g/mol. The number of carbonyl (C=O) groups excluding carboxylic acids is 3. The van der Waals surface area contributed by atoms with Gasteiger partial charge in [0.25, 0.3) is 11.7 Å². The lowest BCUT2D eigenvalue weighted by Crippen LogP contribution is -2.46. The Labute approximate surface area is 501 Å². The molecule has 0 saturated heterocycles. The highest BCUT2D eigenvalue weighted by Gasteiger charge is 2.50. The fourth-order valence-corrected chi connectivity index (χ4v) is 8.72. The van der Waals surface area contributed by atoms with Crippen molar-refractivity contribution in [1.29, 1.82) is 0 Å². The predicted octanol–water partition coefficient (Wildman–Crippen LogP) is 11.6. The van der Waals surface area contributed by atoms with Crippen molar-refractivity contribution < 1.29 is 58.9 Å². The van der Waals surface area contributed by atoms with Gasteiger partial charge in [0.1, 0.15) is 23.4 Å². The Kier molecular flexibility index (Phi) is 41.8. The number of hydrogen-bond donors (Lipinski definition) is 7. The summed E-state index contributed by atoms with van der Waals surface area (Å²) in [5.74, 6) is -8.19. The van der Waals surface area contributed by atoms with E-state index in [0.717, 1.165) is 16.8 Å². The molecule has 3 aromatic carbocycles. The number of aromatic nitrogens is 2. The molecule has 448 valence electrons. The van der Waals surface area contributed by atoms with E-state index in [1.165, 1.54) is 53.2 Å². The second-order valence-electron chi connectivity index (χ2n) is 17.4. The summed E-state index contributed by atoms with van der Waals surface area (Å²) in [6.07, 6.45) is 5.22. The number of nitrogens with zero attached hydrogens (tertiary/aromatic N) is 2. The summed E-state index contributed by atoms with van der Waals surface area (Å²) in [7, 11) is 1.44. The number of carbonyl (C=O) groups is 3. The Balaban J connectivity index is -0.000000840. The second kappa shape index (κ2) is 37.4. The normalized spacial score (nSPS) is 23.7. The fourth-order valence-electron chi connectivity index (χ4n) is 8.72. The number of aromatic hydroxyl groups is 3. The molecule has 1 aromatic heterocycles. The summed E-state index contributed by atoms with van der Waals surface area (Å²) in [6, 6.07) is 11.4. The smallest absolute Gasteiger partial charge is 0.312 e. The lowest BCUT2D eigenvalue weighted by Gasteiger charge is -2.38. The molecule has 5 bridgehead atoms. The fraction of sp³-hybridized carbons (Fsp3) is 0.491. The van der Waals surface area contributed by atoms with Gasteiger partial charge in [-0.25, -0.2) is 0 Å². The zero-order chi connectivity index (χ0) is 48.2. The number of allylic oxidation sites excluding steroid dienone is 2. The summed E-state index contributed by atoms with van der Waals surface area (Å²) in [6.45, 7) is 13.2. The van der Waals surface area contributed by atoms with Crippen LogP contribution in [-0.2, 0) is 36.8 Å². The highest BCUT2D eigenvalue weighted by atomic mass is 32.1. The quantitative estimate of drug-likeness (QED) is 0.0376. The first-order valence-electron chi connectivity index (χ1n) is 22.0. The summed E-state index contributed by atoms with van der Waals surface area (Å²) in [4.78, 5) is 40.8. The first-order chi connectivity index (χ1) is 31.3. The van der Waals surface area contributed by atoms with Gasteiger partial charge in [-0.15, -0.1) is 0 Å². The van der Waals surface area contributed by atoms with E-state index in [9.17, 15) is 39.9 Å². The molecule has 3 aliphatic rings. The van der Waals surface area contributed by atoms with E-state index in [-0.39, 0.29) is 177 Å². The molecule has 1 amide bonds. The number of ether oxygens (including phenoxy) is 4. The third-order valence-corrected chi connectivity index (χ3v) is 12.8. The van der Waals surface area contributed by atoms with Crippen molar-refractivity contribution in [3.63, 3.8) is 0 Å².